The first-order chi connectivity index (χ1) is 9.64. The van der Waals surface area contributed by atoms with E-state index in [1.165, 1.54) is 0 Å². The Kier molecular flexibility index (Phi) is 3.59. The van der Waals surface area contributed by atoms with Crippen molar-refractivity contribution in [3.63, 3.8) is 0 Å². The van der Waals surface area contributed by atoms with Crippen molar-refractivity contribution >= 4 is 9.84 Å². The van der Waals surface area contributed by atoms with Crippen molar-refractivity contribution in [3.8, 4) is 0 Å². The van der Waals surface area contributed by atoms with Crippen LogP contribution in [-0.4, -0.2) is 19.9 Å². The van der Waals surface area contributed by atoms with Crippen molar-refractivity contribution in [2.24, 2.45) is 0 Å². The predicted octanol–water partition coefficient (Wildman–Crippen LogP) is 2.49. The lowest BCUT2D eigenvalue weighted by Crippen LogP contribution is -2.41. The first-order valence-electron chi connectivity index (χ1n) is 6.70. The Bertz CT molecular complexity index is 615. The Morgan fingerprint density at radius 2 is 1.15 bits per heavy atom. The van der Waals surface area contributed by atoms with Crippen molar-refractivity contribution in [1.29, 1.82) is 0 Å². The molecule has 1 N–H and O–H groups in total. The zero-order valence-electron chi connectivity index (χ0n) is 11.1. The van der Waals surface area contributed by atoms with E-state index in [2.05, 4.69) is 5.32 Å². The summed E-state index contributed by atoms with van der Waals surface area (Å²) in [4.78, 5) is 0. The summed E-state index contributed by atoms with van der Waals surface area (Å²) in [7, 11) is -3.04. The molecule has 0 amide bonds. The summed E-state index contributed by atoms with van der Waals surface area (Å²) in [6.45, 7) is 0. The highest BCUT2D eigenvalue weighted by Gasteiger charge is 2.32. The molecule has 2 unspecified atom stereocenters. The lowest BCUT2D eigenvalue weighted by Gasteiger charge is -2.31. The molecule has 0 bridgehead atoms. The number of hydrogen-bond donors (Lipinski definition) is 1. The number of nitrogens with one attached hydrogen (secondary N) is 1. The number of sulfone groups is 1. The van der Waals surface area contributed by atoms with E-state index in [1.54, 1.807) is 0 Å². The van der Waals surface area contributed by atoms with E-state index in [4.69, 9.17) is 0 Å². The van der Waals surface area contributed by atoms with E-state index in [0.29, 0.717) is 0 Å². The van der Waals surface area contributed by atoms with Gasteiger partial charge in [0.05, 0.1) is 11.5 Å². The zero-order chi connectivity index (χ0) is 14.0. The molecular weight excluding hydrogens is 270 g/mol. The van der Waals surface area contributed by atoms with Crippen molar-refractivity contribution in [2.75, 3.05) is 11.5 Å². The van der Waals surface area contributed by atoms with Gasteiger partial charge in [0, 0.05) is 12.1 Å². The Morgan fingerprint density at radius 3 is 1.55 bits per heavy atom. The van der Waals surface area contributed by atoms with Gasteiger partial charge in [-0.25, -0.2) is 8.42 Å². The average Bonchev–Trinajstić information content (AvgIpc) is 2.47. The molecule has 1 aliphatic heterocycles. The van der Waals surface area contributed by atoms with E-state index in [0.717, 1.165) is 11.1 Å². The van der Waals surface area contributed by atoms with Crippen LogP contribution in [0.5, 0.6) is 0 Å². The van der Waals surface area contributed by atoms with Crippen LogP contribution in [-0.2, 0) is 9.84 Å². The lowest BCUT2D eigenvalue weighted by molar-refractivity contribution is 0.459. The maximum absolute atomic E-state index is 12.2. The van der Waals surface area contributed by atoms with Gasteiger partial charge in [-0.15, -0.1) is 0 Å². The van der Waals surface area contributed by atoms with E-state index in [-0.39, 0.29) is 23.6 Å². The zero-order valence-corrected chi connectivity index (χ0v) is 11.9. The fraction of sp³-hybridized carbons (Fsp3) is 0.250. The van der Waals surface area contributed by atoms with Gasteiger partial charge in [-0.3, -0.25) is 0 Å². The van der Waals surface area contributed by atoms with Crippen LogP contribution >= 0.6 is 0 Å². The summed E-state index contributed by atoms with van der Waals surface area (Å²) >= 11 is 0. The SMILES string of the molecule is O=S1(=O)CC(c2ccccc2)NC(c2ccccc2)C1. The standard InChI is InChI=1S/C16H17NO2S/c18-20(19)11-15(13-7-3-1-4-8-13)17-16(12-20)14-9-5-2-6-10-14/h1-10,15-17H,11-12H2. The molecule has 0 spiro atoms. The number of rotatable bonds is 2. The largest absolute Gasteiger partial charge is 0.301 e. The Morgan fingerprint density at radius 1 is 0.750 bits per heavy atom. The van der Waals surface area contributed by atoms with Gasteiger partial charge >= 0.3 is 0 Å². The van der Waals surface area contributed by atoms with E-state index in [1.807, 2.05) is 60.7 Å². The third-order valence-electron chi connectivity index (χ3n) is 3.65. The van der Waals surface area contributed by atoms with E-state index >= 15 is 0 Å². The summed E-state index contributed by atoms with van der Waals surface area (Å²) in [6.07, 6.45) is 0. The van der Waals surface area contributed by atoms with E-state index in [9.17, 15) is 8.42 Å². The molecule has 3 nitrogen and oxygen atoms in total. The van der Waals surface area contributed by atoms with Crippen molar-refractivity contribution in [1.82, 2.24) is 5.32 Å². The van der Waals surface area contributed by atoms with Crippen LogP contribution in [0, 0.1) is 0 Å². The van der Waals surface area contributed by atoms with Crippen LogP contribution in [0.25, 0.3) is 0 Å². The molecule has 0 aromatic heterocycles. The first kappa shape index (κ1) is 13.3. The minimum absolute atomic E-state index is 0.139. The molecule has 1 saturated heterocycles. The average molecular weight is 287 g/mol. The van der Waals surface area contributed by atoms with Gasteiger partial charge in [-0.05, 0) is 11.1 Å². The van der Waals surface area contributed by atoms with Crippen LogP contribution in [0.3, 0.4) is 0 Å². The normalized spacial score (nSPS) is 25.2. The highest BCUT2D eigenvalue weighted by molar-refractivity contribution is 7.91. The van der Waals surface area contributed by atoms with Crippen molar-refractivity contribution in [2.45, 2.75) is 12.1 Å². The van der Waals surface area contributed by atoms with Crippen LogP contribution in [0.2, 0.25) is 0 Å². The number of hydrogen-bond acceptors (Lipinski definition) is 3. The summed E-state index contributed by atoms with van der Waals surface area (Å²) in [5.41, 5.74) is 2.05. The van der Waals surface area contributed by atoms with Crippen molar-refractivity contribution in [3.05, 3.63) is 71.8 Å². The molecule has 1 aliphatic rings. The lowest BCUT2D eigenvalue weighted by atomic mass is 10.0. The third-order valence-corrected chi connectivity index (χ3v) is 5.33. The molecule has 0 aliphatic carbocycles. The fourth-order valence-corrected chi connectivity index (χ4v) is 4.40. The van der Waals surface area contributed by atoms with Crippen LogP contribution < -0.4 is 5.32 Å². The summed E-state index contributed by atoms with van der Waals surface area (Å²) < 4.78 is 24.4. The second kappa shape index (κ2) is 5.38. The van der Waals surface area contributed by atoms with E-state index < -0.39 is 9.84 Å². The van der Waals surface area contributed by atoms with Gasteiger partial charge in [0.15, 0.2) is 9.84 Å². The molecule has 2 aromatic carbocycles. The first-order valence-corrected chi connectivity index (χ1v) is 8.52. The van der Waals surface area contributed by atoms with Gasteiger partial charge in [-0.2, -0.15) is 0 Å². The Hall–Kier alpha value is -1.65. The topological polar surface area (TPSA) is 46.2 Å². The Balaban J connectivity index is 1.91. The van der Waals surface area contributed by atoms with Crippen molar-refractivity contribution < 1.29 is 8.42 Å². The molecular formula is C16H17NO2S. The van der Waals surface area contributed by atoms with Gasteiger partial charge in [0.25, 0.3) is 0 Å². The molecule has 1 fully saturated rings. The molecule has 2 atom stereocenters. The Labute approximate surface area is 119 Å². The summed E-state index contributed by atoms with van der Waals surface area (Å²) in [5.74, 6) is 0.334. The highest BCUT2D eigenvalue weighted by atomic mass is 32.2. The molecule has 104 valence electrons. The second-order valence-electron chi connectivity index (χ2n) is 5.17. The maximum Gasteiger partial charge on any atom is 0.154 e. The van der Waals surface area contributed by atoms with Crippen LogP contribution in [0.4, 0.5) is 0 Å². The minimum Gasteiger partial charge on any atom is -0.301 e. The van der Waals surface area contributed by atoms with Gasteiger partial charge < -0.3 is 5.32 Å². The van der Waals surface area contributed by atoms with Crippen LogP contribution in [0.15, 0.2) is 60.7 Å². The molecule has 2 aromatic rings. The molecule has 20 heavy (non-hydrogen) atoms. The molecule has 3 rings (SSSR count). The second-order valence-corrected chi connectivity index (χ2v) is 7.32. The molecule has 4 heteroatoms. The summed E-state index contributed by atoms with van der Waals surface area (Å²) in [6, 6.07) is 19.3. The number of benzene rings is 2. The predicted molar refractivity (Wildman–Crippen MR) is 80.2 cm³/mol. The van der Waals surface area contributed by atoms with Gasteiger partial charge in [0.1, 0.15) is 0 Å². The third kappa shape index (κ3) is 2.92. The highest BCUT2D eigenvalue weighted by Crippen LogP contribution is 2.27. The quantitative estimate of drug-likeness (QED) is 0.923. The molecule has 1 heterocycles. The monoisotopic (exact) mass is 287 g/mol. The van der Waals surface area contributed by atoms with Gasteiger partial charge in [0.2, 0.25) is 0 Å². The maximum atomic E-state index is 12.2. The van der Waals surface area contributed by atoms with Gasteiger partial charge in [-0.1, -0.05) is 60.7 Å². The summed E-state index contributed by atoms with van der Waals surface area (Å²) in [5, 5.41) is 3.46. The van der Waals surface area contributed by atoms with Crippen LogP contribution in [0.1, 0.15) is 23.2 Å². The fourth-order valence-electron chi connectivity index (χ4n) is 2.67. The molecule has 0 radical (unpaired) electrons. The smallest absolute Gasteiger partial charge is 0.154 e. The molecule has 0 saturated carbocycles. The minimum atomic E-state index is -3.04.